The molecular weight excluding hydrogens is 382 g/mol. The lowest BCUT2D eigenvalue weighted by Crippen LogP contribution is -2.36. The smallest absolute Gasteiger partial charge is 0.271 e. The average Bonchev–Trinajstić information content (AvgIpc) is 3.19. The third-order valence-electron chi connectivity index (χ3n) is 5.29. The summed E-state index contributed by atoms with van der Waals surface area (Å²) in [5.41, 5.74) is 4.27. The Morgan fingerprint density at radius 2 is 1.83 bits per heavy atom. The highest BCUT2D eigenvalue weighted by Crippen LogP contribution is 2.36. The molecule has 154 valence electrons. The van der Waals surface area contributed by atoms with Crippen LogP contribution in [0.15, 0.2) is 71.4 Å². The van der Waals surface area contributed by atoms with Crippen molar-refractivity contribution in [1.82, 2.24) is 4.90 Å². The van der Waals surface area contributed by atoms with Crippen molar-refractivity contribution in [2.75, 3.05) is 31.6 Å². The van der Waals surface area contributed by atoms with Gasteiger partial charge in [-0.1, -0.05) is 36.4 Å². The standard InChI is InChI=1S/C23H23N3O4/c27-23(24-19-7-4-8-20(16-19)26(28)29)21-10-9-18(15-17-5-2-1-3-6-17)22(21)25-11-13-30-14-12-25/h1-8,15-16H,9-14H2,(H,24,27)/b18-15-. The van der Waals surface area contributed by atoms with E-state index in [4.69, 9.17) is 4.74 Å². The van der Waals surface area contributed by atoms with Gasteiger partial charge in [0.25, 0.3) is 11.6 Å². The molecule has 2 aromatic rings. The van der Waals surface area contributed by atoms with E-state index in [-0.39, 0.29) is 11.6 Å². The predicted molar refractivity (Wildman–Crippen MR) is 115 cm³/mol. The fraction of sp³-hybridized carbons (Fsp3) is 0.261. The second-order valence-electron chi connectivity index (χ2n) is 7.27. The molecule has 0 aromatic heterocycles. The Hall–Kier alpha value is -3.45. The van der Waals surface area contributed by atoms with Crippen molar-refractivity contribution in [2.45, 2.75) is 12.8 Å². The molecule has 0 saturated carbocycles. The molecular formula is C23H23N3O4. The summed E-state index contributed by atoms with van der Waals surface area (Å²) < 4.78 is 5.49. The van der Waals surface area contributed by atoms with Crippen LogP contribution in [0.2, 0.25) is 0 Å². The fourth-order valence-electron chi connectivity index (χ4n) is 3.89. The first-order valence-electron chi connectivity index (χ1n) is 9.99. The Labute approximate surface area is 174 Å². The number of allylic oxidation sites excluding steroid dienone is 1. The first-order valence-corrected chi connectivity index (χ1v) is 9.99. The highest BCUT2D eigenvalue weighted by molar-refractivity contribution is 6.05. The monoisotopic (exact) mass is 405 g/mol. The molecule has 1 amide bonds. The number of amides is 1. The number of nitrogens with zero attached hydrogens (tertiary/aromatic N) is 2. The van der Waals surface area contributed by atoms with Crippen molar-refractivity contribution in [3.63, 3.8) is 0 Å². The number of ether oxygens (including phenoxy) is 1. The molecule has 0 bridgehead atoms. The van der Waals surface area contributed by atoms with Crippen molar-refractivity contribution >= 4 is 23.4 Å². The summed E-state index contributed by atoms with van der Waals surface area (Å²) in [6, 6.07) is 16.1. The lowest BCUT2D eigenvalue weighted by molar-refractivity contribution is -0.384. The number of rotatable bonds is 5. The van der Waals surface area contributed by atoms with Gasteiger partial charge in [0.15, 0.2) is 0 Å². The number of nitro groups is 1. The zero-order chi connectivity index (χ0) is 20.9. The molecule has 4 rings (SSSR count). The molecule has 30 heavy (non-hydrogen) atoms. The Kier molecular flexibility index (Phi) is 5.90. The van der Waals surface area contributed by atoms with E-state index in [0.29, 0.717) is 30.9 Å². The molecule has 1 saturated heterocycles. The Morgan fingerprint density at radius 1 is 1.07 bits per heavy atom. The average molecular weight is 405 g/mol. The van der Waals surface area contributed by atoms with Crippen molar-refractivity contribution in [1.29, 1.82) is 0 Å². The minimum Gasteiger partial charge on any atom is -0.378 e. The minimum absolute atomic E-state index is 0.0498. The van der Waals surface area contributed by atoms with Gasteiger partial charge in [0, 0.05) is 42.2 Å². The summed E-state index contributed by atoms with van der Waals surface area (Å²) in [5, 5.41) is 13.9. The van der Waals surface area contributed by atoms with Crippen LogP contribution in [-0.2, 0) is 9.53 Å². The lowest BCUT2D eigenvalue weighted by atomic mass is 10.1. The van der Waals surface area contributed by atoms with E-state index in [1.807, 2.05) is 30.3 Å². The summed E-state index contributed by atoms with van der Waals surface area (Å²) in [5.74, 6) is -0.214. The van der Waals surface area contributed by atoms with Crippen LogP contribution >= 0.6 is 0 Å². The quantitative estimate of drug-likeness (QED) is 0.600. The van der Waals surface area contributed by atoms with Crippen LogP contribution < -0.4 is 5.32 Å². The van der Waals surface area contributed by atoms with Crippen molar-refractivity contribution in [3.05, 3.63) is 87.1 Å². The van der Waals surface area contributed by atoms with E-state index >= 15 is 0 Å². The van der Waals surface area contributed by atoms with Gasteiger partial charge in [-0.2, -0.15) is 0 Å². The predicted octanol–water partition coefficient (Wildman–Crippen LogP) is 4.00. The van der Waals surface area contributed by atoms with Crippen molar-refractivity contribution in [3.8, 4) is 0 Å². The number of non-ortho nitro benzene ring substituents is 1. The number of anilines is 1. The van der Waals surface area contributed by atoms with Crippen LogP contribution in [0.1, 0.15) is 18.4 Å². The second-order valence-corrected chi connectivity index (χ2v) is 7.27. The van der Waals surface area contributed by atoms with Crippen molar-refractivity contribution in [2.24, 2.45) is 0 Å². The zero-order valence-corrected chi connectivity index (χ0v) is 16.5. The maximum Gasteiger partial charge on any atom is 0.271 e. The summed E-state index contributed by atoms with van der Waals surface area (Å²) in [4.78, 5) is 25.9. The molecule has 2 aliphatic rings. The summed E-state index contributed by atoms with van der Waals surface area (Å²) in [6.07, 6.45) is 3.55. The van der Waals surface area contributed by atoms with E-state index < -0.39 is 4.92 Å². The first-order chi connectivity index (χ1) is 14.6. The molecule has 7 heteroatoms. The van der Waals surface area contributed by atoms with E-state index in [0.717, 1.165) is 36.3 Å². The molecule has 1 N–H and O–H groups in total. The van der Waals surface area contributed by atoms with Crippen LogP contribution in [0.5, 0.6) is 0 Å². The number of nitro benzene ring substituents is 1. The molecule has 0 radical (unpaired) electrons. The third-order valence-corrected chi connectivity index (χ3v) is 5.29. The summed E-state index contributed by atoms with van der Waals surface area (Å²) >= 11 is 0. The van der Waals surface area contributed by atoms with Crippen LogP contribution in [0.25, 0.3) is 6.08 Å². The van der Waals surface area contributed by atoms with Crippen LogP contribution in [-0.4, -0.2) is 42.0 Å². The van der Waals surface area contributed by atoms with E-state index in [9.17, 15) is 14.9 Å². The van der Waals surface area contributed by atoms with Crippen LogP contribution in [0.4, 0.5) is 11.4 Å². The number of benzene rings is 2. The Bertz CT molecular complexity index is 1010. The Morgan fingerprint density at radius 3 is 2.57 bits per heavy atom. The van der Waals surface area contributed by atoms with Gasteiger partial charge >= 0.3 is 0 Å². The van der Waals surface area contributed by atoms with Gasteiger partial charge in [-0.25, -0.2) is 0 Å². The van der Waals surface area contributed by atoms with Crippen LogP contribution in [0, 0.1) is 10.1 Å². The van der Waals surface area contributed by atoms with Gasteiger partial charge in [-0.15, -0.1) is 0 Å². The fourth-order valence-corrected chi connectivity index (χ4v) is 3.89. The lowest BCUT2D eigenvalue weighted by Gasteiger charge is -2.31. The highest BCUT2D eigenvalue weighted by atomic mass is 16.6. The van der Waals surface area contributed by atoms with Gasteiger partial charge in [0.2, 0.25) is 0 Å². The number of carbonyl (C=O) groups is 1. The summed E-state index contributed by atoms with van der Waals surface area (Å²) in [7, 11) is 0. The number of hydrogen-bond donors (Lipinski definition) is 1. The number of nitrogens with one attached hydrogen (secondary N) is 1. The maximum absolute atomic E-state index is 13.1. The molecule has 7 nitrogen and oxygen atoms in total. The van der Waals surface area contributed by atoms with Crippen molar-refractivity contribution < 1.29 is 14.5 Å². The SMILES string of the molecule is O=C(Nc1cccc([N+](=O)[O-])c1)C1=C(N2CCOCC2)/C(=C\c2ccccc2)CC1. The summed E-state index contributed by atoms with van der Waals surface area (Å²) in [6.45, 7) is 2.72. The van der Waals surface area contributed by atoms with Crippen LogP contribution in [0.3, 0.4) is 0 Å². The molecule has 0 unspecified atom stereocenters. The molecule has 1 fully saturated rings. The topological polar surface area (TPSA) is 84.7 Å². The van der Waals surface area contributed by atoms with Gasteiger partial charge in [0.1, 0.15) is 0 Å². The van der Waals surface area contributed by atoms with E-state index in [2.05, 4.69) is 16.3 Å². The van der Waals surface area contributed by atoms with E-state index in [1.165, 1.54) is 12.1 Å². The molecule has 1 aliphatic carbocycles. The maximum atomic E-state index is 13.1. The molecule has 2 aromatic carbocycles. The largest absolute Gasteiger partial charge is 0.378 e. The minimum atomic E-state index is -0.468. The molecule has 0 atom stereocenters. The Balaban J connectivity index is 1.66. The number of carbonyl (C=O) groups excluding carboxylic acids is 1. The molecule has 1 heterocycles. The second kappa shape index (κ2) is 8.92. The third kappa shape index (κ3) is 4.41. The molecule has 0 spiro atoms. The number of hydrogen-bond acceptors (Lipinski definition) is 5. The normalized spacial score (nSPS) is 18.0. The zero-order valence-electron chi connectivity index (χ0n) is 16.5. The molecule has 1 aliphatic heterocycles. The van der Waals surface area contributed by atoms with Gasteiger partial charge < -0.3 is 15.0 Å². The van der Waals surface area contributed by atoms with Gasteiger partial charge in [-0.3, -0.25) is 14.9 Å². The first kappa shape index (κ1) is 19.8. The van der Waals surface area contributed by atoms with Gasteiger partial charge in [-0.05, 0) is 36.1 Å². The van der Waals surface area contributed by atoms with E-state index in [1.54, 1.807) is 12.1 Å². The van der Waals surface area contributed by atoms with Gasteiger partial charge in [0.05, 0.1) is 18.1 Å². The number of morpholine rings is 1. The highest BCUT2D eigenvalue weighted by Gasteiger charge is 2.30.